The van der Waals surface area contributed by atoms with Gasteiger partial charge in [0.25, 0.3) is 0 Å². The Labute approximate surface area is 94.8 Å². The van der Waals surface area contributed by atoms with E-state index in [0.29, 0.717) is 18.9 Å². The third-order valence-corrected chi connectivity index (χ3v) is 3.60. The molecule has 2 saturated heterocycles. The van der Waals surface area contributed by atoms with Gasteiger partial charge in [0.2, 0.25) is 5.91 Å². The van der Waals surface area contributed by atoms with Gasteiger partial charge in [-0.05, 0) is 31.3 Å². The molecule has 0 aromatic carbocycles. The van der Waals surface area contributed by atoms with Crippen molar-refractivity contribution in [2.75, 3.05) is 19.6 Å². The van der Waals surface area contributed by atoms with Crippen molar-refractivity contribution in [2.45, 2.75) is 25.8 Å². The summed E-state index contributed by atoms with van der Waals surface area (Å²) in [6, 6.07) is -0.611. The Morgan fingerprint density at radius 1 is 1.44 bits per heavy atom. The first kappa shape index (κ1) is 11.4. The molecule has 2 atom stereocenters. The number of hydrogen-bond donors (Lipinski definition) is 2. The van der Waals surface area contributed by atoms with Gasteiger partial charge in [-0.3, -0.25) is 4.79 Å². The molecule has 16 heavy (non-hydrogen) atoms. The van der Waals surface area contributed by atoms with Crippen molar-refractivity contribution in [1.82, 2.24) is 10.2 Å². The van der Waals surface area contributed by atoms with E-state index in [9.17, 15) is 9.59 Å². The van der Waals surface area contributed by atoms with Crippen LogP contribution in [0.25, 0.3) is 0 Å². The molecule has 0 bridgehead atoms. The summed E-state index contributed by atoms with van der Waals surface area (Å²) in [4.78, 5) is 24.6. The number of nitrogens with zero attached hydrogens (tertiary/aromatic N) is 1. The number of nitrogens with one attached hydrogen (secondary N) is 1. The van der Waals surface area contributed by atoms with Crippen LogP contribution in [0.3, 0.4) is 0 Å². The largest absolute Gasteiger partial charge is 0.480 e. The summed E-state index contributed by atoms with van der Waals surface area (Å²) in [6.07, 6.45) is 1.29. The third kappa shape index (κ3) is 2.04. The lowest BCUT2D eigenvalue weighted by Crippen LogP contribution is -2.48. The maximum Gasteiger partial charge on any atom is 0.326 e. The molecule has 2 rings (SSSR count). The van der Waals surface area contributed by atoms with Crippen molar-refractivity contribution in [3.63, 3.8) is 0 Å². The molecule has 2 heterocycles. The number of carbonyl (C=O) groups is 2. The molecule has 0 saturated carbocycles. The molecule has 2 N–H and O–H groups in total. The molecule has 0 aliphatic carbocycles. The average molecular weight is 226 g/mol. The molecule has 1 amide bonds. The quantitative estimate of drug-likeness (QED) is 0.706. The van der Waals surface area contributed by atoms with Crippen LogP contribution in [0.4, 0.5) is 0 Å². The fourth-order valence-corrected chi connectivity index (χ4v) is 2.46. The van der Waals surface area contributed by atoms with Gasteiger partial charge in [-0.1, -0.05) is 6.92 Å². The van der Waals surface area contributed by atoms with Crippen molar-refractivity contribution in [2.24, 2.45) is 11.8 Å². The van der Waals surface area contributed by atoms with Gasteiger partial charge in [0.1, 0.15) is 6.04 Å². The standard InChI is InChI=1S/C11H18N2O3/c1-7-2-3-13(10(7)11(15)16)9(14)4-8-5-12-6-8/h7-8,10,12H,2-6H2,1H3,(H,15,16). The van der Waals surface area contributed by atoms with Gasteiger partial charge in [-0.15, -0.1) is 0 Å². The van der Waals surface area contributed by atoms with E-state index < -0.39 is 12.0 Å². The highest BCUT2D eigenvalue weighted by Gasteiger charge is 2.40. The maximum atomic E-state index is 11.9. The van der Waals surface area contributed by atoms with E-state index in [-0.39, 0.29) is 11.8 Å². The zero-order valence-corrected chi connectivity index (χ0v) is 9.48. The maximum absolute atomic E-state index is 11.9. The van der Waals surface area contributed by atoms with Gasteiger partial charge >= 0.3 is 5.97 Å². The molecular weight excluding hydrogens is 208 g/mol. The first-order chi connectivity index (χ1) is 7.59. The average Bonchev–Trinajstić information content (AvgIpc) is 2.53. The molecule has 2 aliphatic heterocycles. The second kappa shape index (κ2) is 4.41. The molecule has 0 spiro atoms. The first-order valence-electron chi connectivity index (χ1n) is 5.82. The Bertz CT molecular complexity index is 302. The summed E-state index contributed by atoms with van der Waals surface area (Å²) in [5.41, 5.74) is 0. The topological polar surface area (TPSA) is 69.6 Å². The summed E-state index contributed by atoms with van der Waals surface area (Å²) in [5, 5.41) is 12.2. The highest BCUT2D eigenvalue weighted by Crippen LogP contribution is 2.26. The SMILES string of the molecule is CC1CCN(C(=O)CC2CNC2)C1C(=O)O. The zero-order valence-electron chi connectivity index (χ0n) is 9.48. The van der Waals surface area contributed by atoms with Crippen molar-refractivity contribution in [1.29, 1.82) is 0 Å². The minimum atomic E-state index is -0.870. The molecule has 0 aromatic rings. The highest BCUT2D eigenvalue weighted by atomic mass is 16.4. The molecule has 90 valence electrons. The lowest BCUT2D eigenvalue weighted by Gasteiger charge is -2.30. The van der Waals surface area contributed by atoms with Gasteiger partial charge in [0, 0.05) is 13.0 Å². The van der Waals surface area contributed by atoms with Crippen LogP contribution in [0, 0.1) is 11.8 Å². The summed E-state index contributed by atoms with van der Waals surface area (Å²) in [7, 11) is 0. The van der Waals surface area contributed by atoms with Crippen molar-refractivity contribution < 1.29 is 14.7 Å². The van der Waals surface area contributed by atoms with E-state index in [4.69, 9.17) is 5.11 Å². The van der Waals surface area contributed by atoms with Crippen LogP contribution in [0.5, 0.6) is 0 Å². The monoisotopic (exact) mass is 226 g/mol. The van der Waals surface area contributed by atoms with Gasteiger partial charge < -0.3 is 15.3 Å². The van der Waals surface area contributed by atoms with Crippen LogP contribution in [0.2, 0.25) is 0 Å². The van der Waals surface area contributed by atoms with E-state index in [2.05, 4.69) is 5.32 Å². The number of rotatable bonds is 3. The van der Waals surface area contributed by atoms with Crippen LogP contribution in [0.15, 0.2) is 0 Å². The Kier molecular flexibility index (Phi) is 3.14. The van der Waals surface area contributed by atoms with E-state index in [1.165, 1.54) is 0 Å². The number of aliphatic carboxylic acids is 1. The van der Waals surface area contributed by atoms with E-state index in [0.717, 1.165) is 19.5 Å². The zero-order chi connectivity index (χ0) is 11.7. The smallest absolute Gasteiger partial charge is 0.326 e. The summed E-state index contributed by atoms with van der Waals surface area (Å²) < 4.78 is 0. The predicted octanol–water partition coefficient (Wildman–Crippen LogP) is -0.0825. The Morgan fingerprint density at radius 3 is 2.62 bits per heavy atom. The van der Waals surface area contributed by atoms with E-state index >= 15 is 0 Å². The Morgan fingerprint density at radius 2 is 2.12 bits per heavy atom. The molecule has 2 fully saturated rings. The fourth-order valence-electron chi connectivity index (χ4n) is 2.46. The lowest BCUT2D eigenvalue weighted by atomic mass is 9.98. The number of likely N-dealkylation sites (tertiary alicyclic amines) is 1. The lowest BCUT2D eigenvalue weighted by molar-refractivity contribution is -0.149. The van der Waals surface area contributed by atoms with Crippen LogP contribution in [0.1, 0.15) is 19.8 Å². The molecule has 5 nitrogen and oxygen atoms in total. The van der Waals surface area contributed by atoms with Gasteiger partial charge in [0.05, 0.1) is 0 Å². The first-order valence-corrected chi connectivity index (χ1v) is 5.82. The minimum Gasteiger partial charge on any atom is -0.480 e. The van der Waals surface area contributed by atoms with Gasteiger partial charge in [0.15, 0.2) is 0 Å². The van der Waals surface area contributed by atoms with Crippen LogP contribution in [-0.4, -0.2) is 47.6 Å². The number of hydrogen-bond acceptors (Lipinski definition) is 3. The molecule has 2 aliphatic rings. The molecule has 0 radical (unpaired) electrons. The summed E-state index contributed by atoms with van der Waals surface area (Å²) >= 11 is 0. The normalized spacial score (nSPS) is 30.2. The molecule has 0 aromatic heterocycles. The van der Waals surface area contributed by atoms with Gasteiger partial charge in [-0.2, -0.15) is 0 Å². The van der Waals surface area contributed by atoms with E-state index in [1.807, 2.05) is 6.92 Å². The summed E-state index contributed by atoms with van der Waals surface area (Å²) in [6.45, 7) is 4.26. The summed E-state index contributed by atoms with van der Waals surface area (Å²) in [5.74, 6) is -0.396. The molecule has 2 unspecified atom stereocenters. The van der Waals surface area contributed by atoms with Crippen molar-refractivity contribution in [3.8, 4) is 0 Å². The Balaban J connectivity index is 1.96. The van der Waals surface area contributed by atoms with Crippen molar-refractivity contribution in [3.05, 3.63) is 0 Å². The fraction of sp³-hybridized carbons (Fsp3) is 0.818. The predicted molar refractivity (Wildman–Crippen MR) is 57.9 cm³/mol. The third-order valence-electron chi connectivity index (χ3n) is 3.60. The highest BCUT2D eigenvalue weighted by molar-refractivity contribution is 5.84. The minimum absolute atomic E-state index is 0.00301. The molecular formula is C11H18N2O3. The number of amides is 1. The number of carboxylic acids is 1. The number of carboxylic acid groups (broad SMARTS) is 1. The second-order valence-electron chi connectivity index (χ2n) is 4.86. The second-order valence-corrected chi connectivity index (χ2v) is 4.86. The van der Waals surface area contributed by atoms with Crippen LogP contribution >= 0.6 is 0 Å². The number of carbonyl (C=O) groups excluding carboxylic acids is 1. The van der Waals surface area contributed by atoms with E-state index in [1.54, 1.807) is 4.90 Å². The van der Waals surface area contributed by atoms with Crippen LogP contribution < -0.4 is 5.32 Å². The van der Waals surface area contributed by atoms with Gasteiger partial charge in [-0.25, -0.2) is 4.79 Å². The van der Waals surface area contributed by atoms with Crippen molar-refractivity contribution >= 4 is 11.9 Å². The molecule has 5 heteroatoms. The Hall–Kier alpha value is -1.10. The van der Waals surface area contributed by atoms with Crippen LogP contribution in [-0.2, 0) is 9.59 Å².